The molecule has 0 bridgehead atoms. The number of carboxylic acids is 1. The Balaban J connectivity index is 3.98. The number of unbranched alkanes of at least 4 members (excludes halogenated alkanes) is 29. The molecule has 0 N–H and O–H groups in total. The predicted molar refractivity (Wildman–Crippen MR) is 200 cm³/mol. The van der Waals surface area contributed by atoms with Crippen molar-refractivity contribution in [3.63, 3.8) is 0 Å². The van der Waals surface area contributed by atoms with Gasteiger partial charge in [-0.3, -0.25) is 4.79 Å². The van der Waals surface area contributed by atoms with Crippen LogP contribution in [0.5, 0.6) is 0 Å². The first-order valence-electron chi connectivity index (χ1n) is 21.0. The summed E-state index contributed by atoms with van der Waals surface area (Å²) < 4.78 is 6.22. The number of aliphatic carboxylic acids is 1. The van der Waals surface area contributed by atoms with E-state index in [0.29, 0.717) is 13.0 Å². The lowest BCUT2D eigenvalue weighted by molar-refractivity contribution is -0.887. The molecule has 47 heavy (non-hydrogen) atoms. The summed E-state index contributed by atoms with van der Waals surface area (Å²) in [5.41, 5.74) is 0. The number of ether oxygens (including phenoxy) is 1. The van der Waals surface area contributed by atoms with Gasteiger partial charge in [0.25, 0.3) is 0 Å². The van der Waals surface area contributed by atoms with E-state index in [9.17, 15) is 14.7 Å². The number of nitrogens with zero attached hydrogens (tertiary/aromatic N) is 1. The number of hydrogen-bond acceptors (Lipinski definition) is 4. The largest absolute Gasteiger partial charge is 0.544 e. The highest BCUT2D eigenvalue weighted by atomic mass is 16.5. The molecule has 0 heterocycles. The van der Waals surface area contributed by atoms with E-state index in [-0.39, 0.29) is 23.1 Å². The van der Waals surface area contributed by atoms with Gasteiger partial charge in [0, 0.05) is 6.42 Å². The van der Waals surface area contributed by atoms with E-state index in [2.05, 4.69) is 13.8 Å². The number of likely N-dealkylation sites (N-methyl/N-ethyl adjacent to an activating group) is 1. The summed E-state index contributed by atoms with van der Waals surface area (Å²) in [5.74, 6) is -1.17. The van der Waals surface area contributed by atoms with Gasteiger partial charge in [-0.1, -0.05) is 200 Å². The SMILES string of the molecule is CCCCCCCCCCCCCCCCCCC(C[N+](C)(C)CC(=O)[O-])OC(=O)CCCCCCCCCCCCCCCCC. The van der Waals surface area contributed by atoms with E-state index in [4.69, 9.17) is 4.74 Å². The van der Waals surface area contributed by atoms with Crippen LogP contribution in [0.4, 0.5) is 0 Å². The van der Waals surface area contributed by atoms with Gasteiger partial charge < -0.3 is 19.1 Å². The number of rotatable bonds is 38. The molecule has 0 radical (unpaired) electrons. The summed E-state index contributed by atoms with van der Waals surface area (Å²) in [7, 11) is 3.78. The molecule has 0 spiro atoms. The van der Waals surface area contributed by atoms with Crippen molar-refractivity contribution in [2.24, 2.45) is 0 Å². The lowest BCUT2D eigenvalue weighted by Gasteiger charge is -2.33. The zero-order valence-corrected chi connectivity index (χ0v) is 32.4. The Labute approximate surface area is 294 Å². The van der Waals surface area contributed by atoms with Gasteiger partial charge in [0.05, 0.1) is 20.1 Å². The minimum atomic E-state index is -1.06. The Morgan fingerprint density at radius 2 is 0.787 bits per heavy atom. The Kier molecular flexibility index (Phi) is 33.9. The first kappa shape index (κ1) is 45.9. The molecule has 5 nitrogen and oxygen atoms in total. The number of carbonyl (C=O) groups excluding carboxylic acids is 2. The highest BCUT2D eigenvalue weighted by Gasteiger charge is 2.25. The molecule has 0 aliphatic heterocycles. The highest BCUT2D eigenvalue weighted by Crippen LogP contribution is 2.18. The molecule has 0 rings (SSSR count). The van der Waals surface area contributed by atoms with Crippen LogP contribution in [0.3, 0.4) is 0 Å². The van der Waals surface area contributed by atoms with Crippen molar-refractivity contribution in [3.05, 3.63) is 0 Å². The van der Waals surface area contributed by atoms with Gasteiger partial charge in [-0.05, 0) is 19.3 Å². The van der Waals surface area contributed by atoms with E-state index in [1.165, 1.54) is 173 Å². The van der Waals surface area contributed by atoms with E-state index >= 15 is 0 Å². The molecule has 0 fully saturated rings. The fraction of sp³-hybridized carbons (Fsp3) is 0.952. The molecule has 1 unspecified atom stereocenters. The van der Waals surface area contributed by atoms with Crippen LogP contribution in [-0.2, 0) is 14.3 Å². The van der Waals surface area contributed by atoms with Crippen LogP contribution in [0.15, 0.2) is 0 Å². The zero-order chi connectivity index (χ0) is 34.7. The first-order chi connectivity index (χ1) is 22.8. The topological polar surface area (TPSA) is 66.4 Å². The van der Waals surface area contributed by atoms with Gasteiger partial charge in [-0.2, -0.15) is 0 Å². The Bertz CT molecular complexity index is 680. The summed E-state index contributed by atoms with van der Waals surface area (Å²) in [4.78, 5) is 24.0. The second kappa shape index (κ2) is 34.8. The Hall–Kier alpha value is -1.10. The lowest BCUT2D eigenvalue weighted by Crippen LogP contribution is -2.52. The van der Waals surface area contributed by atoms with Crippen molar-refractivity contribution in [1.29, 1.82) is 0 Å². The third-order valence-corrected chi connectivity index (χ3v) is 9.92. The highest BCUT2D eigenvalue weighted by molar-refractivity contribution is 5.69. The maximum Gasteiger partial charge on any atom is 0.306 e. The van der Waals surface area contributed by atoms with Gasteiger partial charge in [0.1, 0.15) is 13.1 Å². The molecular weight excluding hydrogens is 582 g/mol. The molecule has 5 heteroatoms. The minimum Gasteiger partial charge on any atom is -0.544 e. The van der Waals surface area contributed by atoms with Gasteiger partial charge >= 0.3 is 5.97 Å². The maximum atomic E-state index is 12.7. The average molecular weight is 666 g/mol. The summed E-state index contributed by atoms with van der Waals surface area (Å²) in [6.45, 7) is 5.02. The van der Waals surface area contributed by atoms with Crippen molar-refractivity contribution >= 4 is 11.9 Å². The van der Waals surface area contributed by atoms with Gasteiger partial charge in [-0.25, -0.2) is 0 Å². The smallest absolute Gasteiger partial charge is 0.306 e. The number of quaternary nitrogens is 1. The van der Waals surface area contributed by atoms with Gasteiger partial charge in [0.15, 0.2) is 6.10 Å². The molecular formula is C42H83NO4. The quantitative estimate of drug-likeness (QED) is 0.0374. The fourth-order valence-corrected chi connectivity index (χ4v) is 6.96. The Morgan fingerprint density at radius 3 is 1.11 bits per heavy atom. The molecule has 0 aliphatic carbocycles. The molecule has 0 aromatic carbocycles. The zero-order valence-electron chi connectivity index (χ0n) is 32.4. The molecule has 0 aromatic rings. The molecule has 0 saturated carbocycles. The monoisotopic (exact) mass is 666 g/mol. The fourth-order valence-electron chi connectivity index (χ4n) is 6.96. The third kappa shape index (κ3) is 36.0. The molecule has 0 amide bonds. The lowest BCUT2D eigenvalue weighted by atomic mass is 10.0. The summed E-state index contributed by atoms with van der Waals surface area (Å²) in [6, 6.07) is 0. The molecule has 0 aliphatic rings. The average Bonchev–Trinajstić information content (AvgIpc) is 3.01. The Morgan fingerprint density at radius 1 is 0.489 bits per heavy atom. The predicted octanol–water partition coefficient (Wildman–Crippen LogP) is 11.6. The van der Waals surface area contributed by atoms with E-state index < -0.39 is 5.97 Å². The van der Waals surface area contributed by atoms with Crippen LogP contribution >= 0.6 is 0 Å². The van der Waals surface area contributed by atoms with Crippen LogP contribution in [0.1, 0.15) is 226 Å². The molecule has 0 aromatic heterocycles. The minimum absolute atomic E-state index is 0.0634. The first-order valence-corrected chi connectivity index (χ1v) is 21.0. The summed E-state index contributed by atoms with van der Waals surface area (Å²) >= 11 is 0. The molecule has 280 valence electrons. The number of esters is 1. The van der Waals surface area contributed by atoms with Crippen LogP contribution in [0.25, 0.3) is 0 Å². The van der Waals surface area contributed by atoms with E-state index in [0.717, 1.165) is 32.1 Å². The normalized spacial score (nSPS) is 12.4. The van der Waals surface area contributed by atoms with Gasteiger partial charge in [0.2, 0.25) is 0 Å². The second-order valence-electron chi connectivity index (χ2n) is 15.6. The van der Waals surface area contributed by atoms with Crippen molar-refractivity contribution in [1.82, 2.24) is 0 Å². The van der Waals surface area contributed by atoms with Crippen molar-refractivity contribution in [2.75, 3.05) is 27.2 Å². The van der Waals surface area contributed by atoms with Crippen LogP contribution in [0.2, 0.25) is 0 Å². The maximum absolute atomic E-state index is 12.7. The summed E-state index contributed by atoms with van der Waals surface area (Å²) in [5, 5.41) is 11.3. The van der Waals surface area contributed by atoms with Crippen molar-refractivity contribution in [3.8, 4) is 0 Å². The van der Waals surface area contributed by atoms with Crippen LogP contribution in [0, 0.1) is 0 Å². The van der Waals surface area contributed by atoms with Crippen molar-refractivity contribution in [2.45, 2.75) is 232 Å². The van der Waals surface area contributed by atoms with Crippen LogP contribution in [-0.4, -0.2) is 49.7 Å². The number of hydrogen-bond donors (Lipinski definition) is 0. The number of carbonyl (C=O) groups is 2. The number of carboxylic acid groups (broad SMARTS) is 1. The third-order valence-electron chi connectivity index (χ3n) is 9.92. The standard InChI is InChI=1S/C42H83NO4/c1-5-7-9-11-13-15-17-19-21-23-24-26-28-30-32-34-36-40(38-43(3,4)39-41(44)45)47-42(46)37-35-33-31-29-27-25-22-20-18-16-14-12-10-8-6-2/h40H,5-39H2,1-4H3. The van der Waals surface area contributed by atoms with Crippen molar-refractivity contribution < 1.29 is 23.9 Å². The van der Waals surface area contributed by atoms with E-state index in [1.54, 1.807) is 0 Å². The molecule has 0 saturated heterocycles. The molecule has 1 atom stereocenters. The van der Waals surface area contributed by atoms with Crippen LogP contribution < -0.4 is 5.11 Å². The van der Waals surface area contributed by atoms with Gasteiger partial charge in [-0.15, -0.1) is 0 Å². The second-order valence-corrected chi connectivity index (χ2v) is 15.6. The summed E-state index contributed by atoms with van der Waals surface area (Å²) in [6.07, 6.45) is 42.1. The van der Waals surface area contributed by atoms with E-state index in [1.807, 2.05) is 14.1 Å².